The summed E-state index contributed by atoms with van der Waals surface area (Å²) in [7, 11) is 0. The number of hydrogen-bond acceptors (Lipinski definition) is 5. The Hall–Kier alpha value is -2.14. The van der Waals surface area contributed by atoms with Crippen LogP contribution >= 0.6 is 11.8 Å². The molecular weight excluding hydrogens is 316 g/mol. The van der Waals surface area contributed by atoms with Crippen molar-refractivity contribution in [1.82, 2.24) is 15.0 Å². The molecule has 0 amide bonds. The molecule has 4 rings (SSSR count). The van der Waals surface area contributed by atoms with Crippen molar-refractivity contribution in [3.8, 4) is 11.4 Å². The third kappa shape index (κ3) is 2.84. The molecule has 0 saturated carbocycles. The molecule has 4 nitrogen and oxygen atoms in total. The molecule has 1 atom stereocenters. The number of para-hydroxylation sites is 1. The van der Waals surface area contributed by atoms with E-state index in [2.05, 4.69) is 34.3 Å². The molecule has 0 N–H and O–H groups in total. The quantitative estimate of drug-likeness (QED) is 0.720. The summed E-state index contributed by atoms with van der Waals surface area (Å²) >= 11 is 1.91. The second-order valence-electron chi connectivity index (χ2n) is 6.07. The molecule has 2 aromatic heterocycles. The number of rotatable bonds is 4. The van der Waals surface area contributed by atoms with E-state index in [0.29, 0.717) is 6.04 Å². The van der Waals surface area contributed by atoms with Gasteiger partial charge in [0, 0.05) is 41.7 Å². The largest absolute Gasteiger partial charge is 0.352 e. The first kappa shape index (κ1) is 15.4. The Bertz CT molecular complexity index is 837. The number of anilines is 1. The molecule has 1 aliphatic heterocycles. The number of hydrogen-bond donors (Lipinski definition) is 0. The SMILES string of the molecule is CSCC1CCCN1c1nc(-c2cccnc2)nc2ccccc12. The van der Waals surface area contributed by atoms with E-state index < -0.39 is 0 Å². The zero-order chi connectivity index (χ0) is 16.4. The topological polar surface area (TPSA) is 41.9 Å². The van der Waals surface area contributed by atoms with Crippen LogP contribution in [0.1, 0.15) is 12.8 Å². The minimum atomic E-state index is 0.556. The summed E-state index contributed by atoms with van der Waals surface area (Å²) in [4.78, 5) is 16.4. The van der Waals surface area contributed by atoms with Crippen LogP contribution in [0.4, 0.5) is 5.82 Å². The molecule has 1 unspecified atom stereocenters. The maximum absolute atomic E-state index is 4.95. The lowest BCUT2D eigenvalue weighted by Crippen LogP contribution is -2.32. The molecule has 0 aliphatic carbocycles. The fourth-order valence-corrected chi connectivity index (χ4v) is 4.11. The summed E-state index contributed by atoms with van der Waals surface area (Å²) in [6, 6.07) is 12.8. The van der Waals surface area contributed by atoms with Crippen LogP contribution in [0, 0.1) is 0 Å². The van der Waals surface area contributed by atoms with E-state index in [1.54, 1.807) is 6.20 Å². The molecular formula is C19H20N4S. The summed E-state index contributed by atoms with van der Waals surface area (Å²) in [5.41, 5.74) is 1.96. The van der Waals surface area contributed by atoms with Crippen molar-refractivity contribution in [3.05, 3.63) is 48.8 Å². The Morgan fingerprint density at radius 3 is 2.92 bits per heavy atom. The number of aromatic nitrogens is 3. The highest BCUT2D eigenvalue weighted by molar-refractivity contribution is 7.98. The molecule has 0 spiro atoms. The van der Waals surface area contributed by atoms with Gasteiger partial charge in [-0.15, -0.1) is 0 Å². The molecule has 0 radical (unpaired) electrons. The van der Waals surface area contributed by atoms with Crippen molar-refractivity contribution in [3.63, 3.8) is 0 Å². The van der Waals surface area contributed by atoms with Crippen LogP contribution < -0.4 is 4.90 Å². The Balaban J connectivity index is 1.87. The van der Waals surface area contributed by atoms with Crippen LogP contribution in [0.15, 0.2) is 48.8 Å². The Kier molecular flexibility index (Phi) is 4.34. The third-order valence-corrected chi connectivity index (χ3v) is 5.23. The zero-order valence-corrected chi connectivity index (χ0v) is 14.5. The number of thioether (sulfide) groups is 1. The summed E-state index contributed by atoms with van der Waals surface area (Å²) in [5, 5.41) is 1.14. The zero-order valence-electron chi connectivity index (χ0n) is 13.7. The minimum Gasteiger partial charge on any atom is -0.352 e. The number of fused-ring (bicyclic) bond motifs is 1. The third-order valence-electron chi connectivity index (χ3n) is 4.51. The molecule has 1 saturated heterocycles. The molecule has 24 heavy (non-hydrogen) atoms. The van der Waals surface area contributed by atoms with Crippen molar-refractivity contribution >= 4 is 28.5 Å². The van der Waals surface area contributed by atoms with Crippen LogP contribution in [-0.4, -0.2) is 39.5 Å². The number of benzene rings is 1. The minimum absolute atomic E-state index is 0.556. The molecule has 3 aromatic rings. The smallest absolute Gasteiger partial charge is 0.163 e. The van der Waals surface area contributed by atoms with E-state index in [1.165, 1.54) is 12.8 Å². The Morgan fingerprint density at radius 2 is 2.08 bits per heavy atom. The van der Waals surface area contributed by atoms with Crippen LogP contribution in [0.25, 0.3) is 22.3 Å². The average Bonchev–Trinajstić information content (AvgIpc) is 3.10. The number of nitrogens with zero attached hydrogens (tertiary/aromatic N) is 4. The van der Waals surface area contributed by atoms with Crippen LogP contribution in [-0.2, 0) is 0 Å². The van der Waals surface area contributed by atoms with Crippen LogP contribution in [0.2, 0.25) is 0 Å². The molecule has 1 aromatic carbocycles. The van der Waals surface area contributed by atoms with Crippen LogP contribution in [0.3, 0.4) is 0 Å². The lowest BCUT2D eigenvalue weighted by atomic mass is 10.2. The van der Waals surface area contributed by atoms with Crippen molar-refractivity contribution in [2.24, 2.45) is 0 Å². The second-order valence-corrected chi connectivity index (χ2v) is 6.99. The van der Waals surface area contributed by atoms with Gasteiger partial charge in [-0.3, -0.25) is 4.98 Å². The van der Waals surface area contributed by atoms with E-state index in [9.17, 15) is 0 Å². The van der Waals surface area contributed by atoms with Gasteiger partial charge in [0.1, 0.15) is 5.82 Å². The predicted molar refractivity (Wildman–Crippen MR) is 102 cm³/mol. The standard InChI is InChI=1S/C19H20N4S/c1-24-13-15-7-5-11-23(15)19-16-8-2-3-9-17(16)21-18(22-19)14-6-4-10-20-12-14/h2-4,6,8-10,12,15H,5,7,11,13H2,1H3. The summed E-state index contributed by atoms with van der Waals surface area (Å²) in [6.07, 6.45) is 8.25. The van der Waals surface area contributed by atoms with Gasteiger partial charge in [0.15, 0.2) is 5.82 Å². The highest BCUT2D eigenvalue weighted by Gasteiger charge is 2.27. The van der Waals surface area contributed by atoms with Gasteiger partial charge in [0.05, 0.1) is 5.52 Å². The Labute approximate surface area is 146 Å². The molecule has 3 heterocycles. The summed E-state index contributed by atoms with van der Waals surface area (Å²) in [6.45, 7) is 1.07. The van der Waals surface area contributed by atoms with Crippen molar-refractivity contribution < 1.29 is 0 Å². The molecule has 122 valence electrons. The predicted octanol–water partition coefficient (Wildman–Crippen LogP) is 4.02. The van der Waals surface area contributed by atoms with Gasteiger partial charge in [0.25, 0.3) is 0 Å². The Morgan fingerprint density at radius 1 is 1.17 bits per heavy atom. The van der Waals surface area contributed by atoms with E-state index in [1.807, 2.05) is 36.2 Å². The van der Waals surface area contributed by atoms with E-state index >= 15 is 0 Å². The fourth-order valence-electron chi connectivity index (χ4n) is 3.38. The lowest BCUT2D eigenvalue weighted by molar-refractivity contribution is 0.740. The first-order valence-electron chi connectivity index (χ1n) is 8.29. The van der Waals surface area contributed by atoms with Crippen molar-refractivity contribution in [2.75, 3.05) is 23.5 Å². The first-order valence-corrected chi connectivity index (χ1v) is 9.69. The van der Waals surface area contributed by atoms with Crippen molar-refractivity contribution in [2.45, 2.75) is 18.9 Å². The fraction of sp³-hybridized carbons (Fsp3) is 0.316. The molecule has 1 fully saturated rings. The molecule has 5 heteroatoms. The summed E-state index contributed by atoms with van der Waals surface area (Å²) in [5.74, 6) is 2.96. The van der Waals surface area contributed by atoms with Crippen molar-refractivity contribution in [1.29, 1.82) is 0 Å². The second kappa shape index (κ2) is 6.77. The maximum atomic E-state index is 4.95. The highest BCUT2D eigenvalue weighted by atomic mass is 32.2. The average molecular weight is 336 g/mol. The maximum Gasteiger partial charge on any atom is 0.163 e. The van der Waals surface area contributed by atoms with Gasteiger partial charge in [-0.25, -0.2) is 9.97 Å². The van der Waals surface area contributed by atoms with E-state index in [0.717, 1.165) is 40.4 Å². The highest BCUT2D eigenvalue weighted by Crippen LogP contribution is 2.32. The first-order chi connectivity index (χ1) is 11.9. The molecule has 0 bridgehead atoms. The van der Waals surface area contributed by atoms with Gasteiger partial charge in [-0.1, -0.05) is 12.1 Å². The summed E-state index contributed by atoms with van der Waals surface area (Å²) < 4.78 is 0. The van der Waals surface area contributed by atoms with Gasteiger partial charge < -0.3 is 4.90 Å². The van der Waals surface area contributed by atoms with Gasteiger partial charge >= 0.3 is 0 Å². The normalized spacial score (nSPS) is 17.5. The van der Waals surface area contributed by atoms with E-state index in [-0.39, 0.29) is 0 Å². The van der Waals surface area contributed by atoms with Gasteiger partial charge in [-0.05, 0) is 43.4 Å². The molecule has 1 aliphatic rings. The van der Waals surface area contributed by atoms with Crippen LogP contribution in [0.5, 0.6) is 0 Å². The van der Waals surface area contributed by atoms with E-state index in [4.69, 9.17) is 9.97 Å². The lowest BCUT2D eigenvalue weighted by Gasteiger charge is -2.26. The number of pyridine rings is 1. The monoisotopic (exact) mass is 336 g/mol. The van der Waals surface area contributed by atoms with Gasteiger partial charge in [0.2, 0.25) is 0 Å². The van der Waals surface area contributed by atoms with Gasteiger partial charge in [-0.2, -0.15) is 11.8 Å².